The smallest absolute Gasteiger partial charge is 0.257 e. The van der Waals surface area contributed by atoms with E-state index in [0.29, 0.717) is 18.7 Å². The number of carbonyl (C=O) groups is 1. The highest BCUT2D eigenvalue weighted by molar-refractivity contribution is 5.93. The van der Waals surface area contributed by atoms with E-state index in [2.05, 4.69) is 17.2 Å². The van der Waals surface area contributed by atoms with Gasteiger partial charge in [0.2, 0.25) is 0 Å². The Morgan fingerprint density at radius 2 is 2.04 bits per heavy atom. The van der Waals surface area contributed by atoms with Gasteiger partial charge >= 0.3 is 0 Å². The van der Waals surface area contributed by atoms with Gasteiger partial charge in [-0.2, -0.15) is 5.10 Å². The Hall–Kier alpha value is -2.34. The molecular formula is C19H25N3O3. The van der Waals surface area contributed by atoms with E-state index in [0.717, 1.165) is 18.6 Å². The van der Waals surface area contributed by atoms with Crippen molar-refractivity contribution in [1.82, 2.24) is 14.7 Å². The molecule has 0 saturated carbocycles. The van der Waals surface area contributed by atoms with Crippen LogP contribution in [-0.2, 0) is 18.2 Å². The molecule has 3 rings (SSSR count). The van der Waals surface area contributed by atoms with Crippen LogP contribution >= 0.6 is 0 Å². The molecule has 2 heterocycles. The van der Waals surface area contributed by atoms with Gasteiger partial charge in [0.05, 0.1) is 25.0 Å². The molecule has 134 valence electrons. The number of aromatic nitrogens is 2. The fourth-order valence-corrected chi connectivity index (χ4v) is 3.48. The minimum atomic E-state index is 0.0439. The van der Waals surface area contributed by atoms with Crippen molar-refractivity contribution < 1.29 is 14.3 Å². The molecule has 0 bridgehead atoms. The fraction of sp³-hybridized carbons (Fsp3) is 0.474. The number of aryl methyl sites for hydroxylation is 1. The third-order valence-corrected chi connectivity index (χ3v) is 4.86. The number of rotatable bonds is 5. The molecule has 6 heteroatoms. The maximum atomic E-state index is 12.7. The number of ether oxygens (including phenoxy) is 2. The summed E-state index contributed by atoms with van der Waals surface area (Å²) in [6.45, 7) is 1.41. The van der Waals surface area contributed by atoms with Gasteiger partial charge in [-0.1, -0.05) is 12.1 Å². The molecule has 2 atom stereocenters. The van der Waals surface area contributed by atoms with E-state index in [4.69, 9.17) is 9.47 Å². The first kappa shape index (κ1) is 17.5. The topological polar surface area (TPSA) is 56.6 Å². The van der Waals surface area contributed by atoms with Gasteiger partial charge in [0.15, 0.2) is 0 Å². The molecule has 0 unspecified atom stereocenters. The number of carbonyl (C=O) groups excluding carboxylic acids is 1. The van der Waals surface area contributed by atoms with Crippen LogP contribution in [0.3, 0.4) is 0 Å². The van der Waals surface area contributed by atoms with E-state index >= 15 is 0 Å². The molecule has 2 aromatic rings. The summed E-state index contributed by atoms with van der Waals surface area (Å²) in [7, 11) is 5.24. The highest BCUT2D eigenvalue weighted by Crippen LogP contribution is 2.25. The molecule has 25 heavy (non-hydrogen) atoms. The molecule has 0 N–H and O–H groups in total. The predicted molar refractivity (Wildman–Crippen MR) is 94.7 cm³/mol. The van der Waals surface area contributed by atoms with Crippen LogP contribution in [0.4, 0.5) is 0 Å². The monoisotopic (exact) mass is 343 g/mol. The maximum absolute atomic E-state index is 12.7. The first-order chi connectivity index (χ1) is 12.1. The van der Waals surface area contributed by atoms with Crippen molar-refractivity contribution in [2.75, 3.05) is 27.3 Å². The van der Waals surface area contributed by atoms with Crippen LogP contribution in [0.5, 0.6) is 5.75 Å². The van der Waals surface area contributed by atoms with E-state index < -0.39 is 0 Å². The SMILES string of the molecule is COc1ccc(C[C@H]2CN(C(=O)c3cnn(C)c3)CC[C@H]2OC)cc1. The Kier molecular flexibility index (Phi) is 5.38. The van der Waals surface area contributed by atoms with Gasteiger partial charge < -0.3 is 14.4 Å². The van der Waals surface area contributed by atoms with Gasteiger partial charge in [-0.05, 0) is 30.5 Å². The van der Waals surface area contributed by atoms with Crippen molar-refractivity contribution in [3.63, 3.8) is 0 Å². The number of benzene rings is 1. The number of hydrogen-bond acceptors (Lipinski definition) is 4. The maximum Gasteiger partial charge on any atom is 0.257 e. The molecule has 1 aliphatic heterocycles. The van der Waals surface area contributed by atoms with Crippen LogP contribution in [-0.4, -0.2) is 54.0 Å². The molecule has 6 nitrogen and oxygen atoms in total. The first-order valence-electron chi connectivity index (χ1n) is 8.54. The van der Waals surface area contributed by atoms with Crippen LogP contribution in [0.25, 0.3) is 0 Å². The molecule has 1 saturated heterocycles. The lowest BCUT2D eigenvalue weighted by Gasteiger charge is -2.38. The number of likely N-dealkylation sites (tertiary alicyclic amines) is 1. The number of piperidine rings is 1. The Morgan fingerprint density at radius 3 is 2.64 bits per heavy atom. The summed E-state index contributed by atoms with van der Waals surface area (Å²) < 4.78 is 12.6. The molecule has 1 aliphatic rings. The van der Waals surface area contributed by atoms with Crippen molar-refractivity contribution in [3.8, 4) is 5.75 Å². The van der Waals surface area contributed by atoms with Crippen LogP contribution < -0.4 is 4.74 Å². The summed E-state index contributed by atoms with van der Waals surface area (Å²) in [4.78, 5) is 14.6. The highest BCUT2D eigenvalue weighted by Gasteiger charge is 2.32. The number of amides is 1. The summed E-state index contributed by atoms with van der Waals surface area (Å²) in [6.07, 6.45) is 5.29. The van der Waals surface area contributed by atoms with Gasteiger partial charge in [0.1, 0.15) is 5.75 Å². The molecule has 0 spiro atoms. The molecule has 1 fully saturated rings. The van der Waals surface area contributed by atoms with E-state index in [9.17, 15) is 4.79 Å². The Labute approximate surface area is 148 Å². The van der Waals surface area contributed by atoms with Gasteiger partial charge in [0.25, 0.3) is 5.91 Å². The lowest BCUT2D eigenvalue weighted by Crippen LogP contribution is -2.47. The Morgan fingerprint density at radius 1 is 1.28 bits per heavy atom. The Balaban J connectivity index is 1.70. The van der Waals surface area contributed by atoms with Crippen molar-refractivity contribution >= 4 is 5.91 Å². The fourth-order valence-electron chi connectivity index (χ4n) is 3.48. The van der Waals surface area contributed by atoms with E-state index in [1.165, 1.54) is 5.56 Å². The lowest BCUT2D eigenvalue weighted by molar-refractivity contribution is -0.00299. The lowest BCUT2D eigenvalue weighted by atomic mass is 9.88. The Bertz CT molecular complexity index is 711. The standard InChI is InChI=1S/C19H25N3O3/c1-21-12-16(11-20-21)19(23)22-9-8-18(25-3)15(13-22)10-14-4-6-17(24-2)7-5-14/h4-7,11-12,15,18H,8-10,13H2,1-3H3/t15-,18+/m0/s1. The highest BCUT2D eigenvalue weighted by atomic mass is 16.5. The van der Waals surface area contributed by atoms with Crippen LogP contribution in [0, 0.1) is 5.92 Å². The number of hydrogen-bond donors (Lipinski definition) is 0. The van der Waals surface area contributed by atoms with Crippen molar-refractivity contribution in [2.45, 2.75) is 18.9 Å². The summed E-state index contributed by atoms with van der Waals surface area (Å²) in [6, 6.07) is 8.10. The van der Waals surface area contributed by atoms with Crippen LogP contribution in [0.15, 0.2) is 36.7 Å². The number of nitrogens with zero attached hydrogens (tertiary/aromatic N) is 3. The molecular weight excluding hydrogens is 318 g/mol. The predicted octanol–water partition coefficient (Wildman–Crippen LogP) is 2.15. The zero-order valence-electron chi connectivity index (χ0n) is 15.0. The normalized spacial score (nSPS) is 20.5. The molecule has 1 amide bonds. The van der Waals surface area contributed by atoms with E-state index in [-0.39, 0.29) is 17.9 Å². The first-order valence-corrected chi connectivity index (χ1v) is 8.54. The third-order valence-electron chi connectivity index (χ3n) is 4.86. The molecule has 0 radical (unpaired) electrons. The van der Waals surface area contributed by atoms with Crippen LogP contribution in [0.2, 0.25) is 0 Å². The van der Waals surface area contributed by atoms with E-state index in [1.54, 1.807) is 31.3 Å². The molecule has 0 aliphatic carbocycles. The van der Waals surface area contributed by atoms with Crippen molar-refractivity contribution in [1.29, 1.82) is 0 Å². The van der Waals surface area contributed by atoms with Crippen LogP contribution in [0.1, 0.15) is 22.3 Å². The zero-order valence-corrected chi connectivity index (χ0v) is 15.0. The van der Waals surface area contributed by atoms with Crippen molar-refractivity contribution in [3.05, 3.63) is 47.8 Å². The van der Waals surface area contributed by atoms with Gasteiger partial charge in [0, 0.05) is 39.4 Å². The van der Waals surface area contributed by atoms with E-state index in [1.807, 2.05) is 24.1 Å². The minimum Gasteiger partial charge on any atom is -0.497 e. The second kappa shape index (κ2) is 7.70. The summed E-state index contributed by atoms with van der Waals surface area (Å²) >= 11 is 0. The molecule has 1 aromatic heterocycles. The zero-order chi connectivity index (χ0) is 17.8. The quantitative estimate of drug-likeness (QED) is 0.835. The molecule has 1 aromatic carbocycles. The summed E-state index contributed by atoms with van der Waals surface area (Å²) in [5, 5.41) is 4.10. The average Bonchev–Trinajstić information content (AvgIpc) is 3.08. The average molecular weight is 343 g/mol. The largest absolute Gasteiger partial charge is 0.497 e. The third kappa shape index (κ3) is 4.02. The summed E-state index contributed by atoms with van der Waals surface area (Å²) in [5.41, 5.74) is 1.87. The van der Waals surface area contributed by atoms with Gasteiger partial charge in [-0.15, -0.1) is 0 Å². The second-order valence-corrected chi connectivity index (χ2v) is 6.53. The number of methoxy groups -OCH3 is 2. The van der Waals surface area contributed by atoms with Gasteiger partial charge in [-0.25, -0.2) is 0 Å². The van der Waals surface area contributed by atoms with Crippen molar-refractivity contribution in [2.24, 2.45) is 13.0 Å². The second-order valence-electron chi connectivity index (χ2n) is 6.53. The summed E-state index contributed by atoms with van der Waals surface area (Å²) in [5.74, 6) is 1.17. The minimum absolute atomic E-state index is 0.0439. The van der Waals surface area contributed by atoms with Gasteiger partial charge in [-0.3, -0.25) is 9.48 Å².